The lowest BCUT2D eigenvalue weighted by molar-refractivity contribution is -0.276. The van der Waals surface area contributed by atoms with Crippen molar-refractivity contribution in [3.8, 4) is 5.88 Å². The Labute approximate surface area is 72.3 Å². The van der Waals surface area contributed by atoms with Crippen molar-refractivity contribution in [1.29, 1.82) is 0 Å². The Bertz CT molecular complexity index is 287. The summed E-state index contributed by atoms with van der Waals surface area (Å²) in [6, 6.07) is 4.03. The molecule has 0 spiro atoms. The van der Waals surface area contributed by atoms with Gasteiger partial charge in [-0.2, -0.15) is 0 Å². The molecule has 0 radical (unpaired) electrons. The topological polar surface area (TPSA) is 48.1 Å². The summed E-state index contributed by atoms with van der Waals surface area (Å²) in [5.74, 6) is -0.490. The molecule has 1 aromatic heterocycles. The van der Waals surface area contributed by atoms with Crippen molar-refractivity contribution in [2.75, 3.05) is 0 Å². The molecule has 0 unspecified atom stereocenters. The highest BCUT2D eigenvalue weighted by Crippen LogP contribution is 2.20. The van der Waals surface area contributed by atoms with Crippen LogP contribution < -0.4 is 10.5 Å². The molecular weight excluding hydrogens is 185 g/mol. The van der Waals surface area contributed by atoms with E-state index in [0.717, 1.165) is 6.07 Å². The Balaban J connectivity index is 2.78. The number of alkyl halides is 3. The van der Waals surface area contributed by atoms with E-state index in [4.69, 9.17) is 5.73 Å². The second-order valence-corrected chi connectivity index (χ2v) is 2.22. The molecule has 1 heterocycles. The van der Waals surface area contributed by atoms with Crippen molar-refractivity contribution < 1.29 is 17.9 Å². The molecule has 0 aliphatic heterocycles. The van der Waals surface area contributed by atoms with Crippen LogP contribution in [0.5, 0.6) is 5.88 Å². The first-order valence-corrected chi connectivity index (χ1v) is 3.43. The van der Waals surface area contributed by atoms with Crippen LogP contribution in [0.15, 0.2) is 18.2 Å². The summed E-state index contributed by atoms with van der Waals surface area (Å²) in [7, 11) is 0. The van der Waals surface area contributed by atoms with Crippen LogP contribution in [0.4, 0.5) is 13.2 Å². The van der Waals surface area contributed by atoms with Crippen molar-refractivity contribution in [1.82, 2.24) is 4.98 Å². The summed E-state index contributed by atoms with van der Waals surface area (Å²) in [5, 5.41) is 0. The Hall–Kier alpha value is -1.30. The maximum absolute atomic E-state index is 11.7. The molecule has 0 amide bonds. The van der Waals surface area contributed by atoms with Crippen LogP contribution in [-0.2, 0) is 6.54 Å². The molecule has 13 heavy (non-hydrogen) atoms. The van der Waals surface area contributed by atoms with Crippen LogP contribution >= 0.6 is 0 Å². The smallest absolute Gasteiger partial charge is 0.388 e. The highest BCUT2D eigenvalue weighted by atomic mass is 19.4. The molecule has 0 fully saturated rings. The summed E-state index contributed by atoms with van der Waals surface area (Å²) in [6.07, 6.45) is -4.71. The number of halogens is 3. The maximum atomic E-state index is 11.7. The summed E-state index contributed by atoms with van der Waals surface area (Å²) >= 11 is 0. The van der Waals surface area contributed by atoms with Crippen LogP contribution in [0, 0.1) is 0 Å². The Morgan fingerprint density at radius 1 is 1.38 bits per heavy atom. The van der Waals surface area contributed by atoms with Gasteiger partial charge < -0.3 is 10.5 Å². The molecule has 0 aliphatic rings. The molecule has 2 N–H and O–H groups in total. The van der Waals surface area contributed by atoms with Crippen molar-refractivity contribution in [2.45, 2.75) is 12.9 Å². The summed E-state index contributed by atoms with van der Waals surface area (Å²) in [6.45, 7) is 0.0784. The standard InChI is InChI=1S/C7H7F3N2O/c8-7(9,10)13-6-3-1-2-5(4-11)12-6/h1-3H,4,11H2. The number of hydrogen-bond acceptors (Lipinski definition) is 3. The van der Waals surface area contributed by atoms with Crippen LogP contribution in [0.1, 0.15) is 5.69 Å². The second-order valence-electron chi connectivity index (χ2n) is 2.22. The van der Waals surface area contributed by atoms with Crippen LogP contribution in [-0.4, -0.2) is 11.3 Å². The van der Waals surface area contributed by atoms with Crippen molar-refractivity contribution in [2.24, 2.45) is 5.73 Å². The van der Waals surface area contributed by atoms with Crippen LogP contribution in [0.3, 0.4) is 0 Å². The van der Waals surface area contributed by atoms with E-state index in [9.17, 15) is 13.2 Å². The number of nitrogens with zero attached hydrogens (tertiary/aromatic N) is 1. The van der Waals surface area contributed by atoms with Gasteiger partial charge in [0, 0.05) is 12.6 Å². The highest BCUT2D eigenvalue weighted by Gasteiger charge is 2.31. The fourth-order valence-electron chi connectivity index (χ4n) is 0.747. The molecule has 3 nitrogen and oxygen atoms in total. The van der Waals surface area contributed by atoms with Gasteiger partial charge in [0.05, 0.1) is 5.69 Å². The fourth-order valence-corrected chi connectivity index (χ4v) is 0.747. The molecule has 1 rings (SSSR count). The number of ether oxygens (including phenoxy) is 1. The SMILES string of the molecule is NCc1cccc(OC(F)(F)F)n1. The zero-order valence-electron chi connectivity index (χ0n) is 6.51. The normalized spacial score (nSPS) is 11.4. The van der Waals surface area contributed by atoms with E-state index in [1.54, 1.807) is 0 Å². The number of rotatable bonds is 2. The Morgan fingerprint density at radius 3 is 2.62 bits per heavy atom. The highest BCUT2D eigenvalue weighted by molar-refractivity contribution is 5.15. The molecule has 0 bridgehead atoms. The van der Waals surface area contributed by atoms with E-state index in [0.29, 0.717) is 5.69 Å². The van der Waals surface area contributed by atoms with Gasteiger partial charge in [-0.3, -0.25) is 0 Å². The van der Waals surface area contributed by atoms with E-state index < -0.39 is 12.2 Å². The van der Waals surface area contributed by atoms with Gasteiger partial charge in [-0.15, -0.1) is 13.2 Å². The average molecular weight is 192 g/mol. The lowest BCUT2D eigenvalue weighted by atomic mass is 10.3. The van der Waals surface area contributed by atoms with E-state index in [-0.39, 0.29) is 6.54 Å². The molecule has 72 valence electrons. The lowest BCUT2D eigenvalue weighted by Crippen LogP contribution is -2.18. The van der Waals surface area contributed by atoms with Crippen molar-refractivity contribution in [3.05, 3.63) is 23.9 Å². The van der Waals surface area contributed by atoms with Gasteiger partial charge in [0.25, 0.3) is 0 Å². The zero-order chi connectivity index (χ0) is 9.90. The first-order chi connectivity index (χ1) is 6.01. The largest absolute Gasteiger partial charge is 0.574 e. The van der Waals surface area contributed by atoms with Gasteiger partial charge in [0.1, 0.15) is 0 Å². The summed E-state index contributed by atoms with van der Waals surface area (Å²) < 4.78 is 38.6. The molecule has 0 aliphatic carbocycles. The number of hydrogen-bond donors (Lipinski definition) is 1. The first-order valence-electron chi connectivity index (χ1n) is 3.43. The van der Waals surface area contributed by atoms with Gasteiger partial charge in [0.15, 0.2) is 0 Å². The molecule has 1 aromatic rings. The van der Waals surface area contributed by atoms with E-state index in [2.05, 4.69) is 9.72 Å². The number of pyridine rings is 1. The Kier molecular flexibility index (Phi) is 2.72. The third-order valence-electron chi connectivity index (χ3n) is 1.21. The minimum atomic E-state index is -4.71. The molecule has 0 aromatic carbocycles. The molecule has 0 saturated heterocycles. The second kappa shape index (κ2) is 3.61. The van der Waals surface area contributed by atoms with Gasteiger partial charge in [-0.05, 0) is 6.07 Å². The fraction of sp³-hybridized carbons (Fsp3) is 0.286. The third kappa shape index (κ3) is 3.29. The lowest BCUT2D eigenvalue weighted by Gasteiger charge is -2.07. The predicted molar refractivity (Wildman–Crippen MR) is 38.8 cm³/mol. The van der Waals surface area contributed by atoms with Gasteiger partial charge in [0.2, 0.25) is 5.88 Å². The molecule has 6 heteroatoms. The number of aromatic nitrogens is 1. The third-order valence-corrected chi connectivity index (χ3v) is 1.21. The van der Waals surface area contributed by atoms with Crippen molar-refractivity contribution in [3.63, 3.8) is 0 Å². The quantitative estimate of drug-likeness (QED) is 0.771. The molecule has 0 atom stereocenters. The average Bonchev–Trinajstić information content (AvgIpc) is 2.01. The first kappa shape index (κ1) is 9.79. The summed E-state index contributed by atoms with van der Waals surface area (Å²) in [5.41, 5.74) is 5.53. The van der Waals surface area contributed by atoms with E-state index in [1.165, 1.54) is 12.1 Å². The number of nitrogens with two attached hydrogens (primary N) is 1. The maximum Gasteiger partial charge on any atom is 0.574 e. The van der Waals surface area contributed by atoms with Gasteiger partial charge >= 0.3 is 6.36 Å². The monoisotopic (exact) mass is 192 g/mol. The van der Waals surface area contributed by atoms with Crippen molar-refractivity contribution >= 4 is 0 Å². The minimum Gasteiger partial charge on any atom is -0.388 e. The van der Waals surface area contributed by atoms with Gasteiger partial charge in [-0.25, -0.2) is 4.98 Å². The zero-order valence-corrected chi connectivity index (χ0v) is 6.51. The molecule has 0 saturated carbocycles. The minimum absolute atomic E-state index is 0.0784. The van der Waals surface area contributed by atoms with E-state index in [1.807, 2.05) is 0 Å². The van der Waals surface area contributed by atoms with Crippen LogP contribution in [0.25, 0.3) is 0 Å². The predicted octanol–water partition coefficient (Wildman–Crippen LogP) is 1.44. The summed E-state index contributed by atoms with van der Waals surface area (Å²) in [4.78, 5) is 3.51. The molecular formula is C7H7F3N2O. The van der Waals surface area contributed by atoms with Crippen LogP contribution in [0.2, 0.25) is 0 Å². The van der Waals surface area contributed by atoms with E-state index >= 15 is 0 Å². The Morgan fingerprint density at radius 2 is 2.08 bits per heavy atom. The van der Waals surface area contributed by atoms with Gasteiger partial charge in [-0.1, -0.05) is 6.07 Å².